The minimum atomic E-state index is -0.428. The molecule has 1 saturated heterocycles. The van der Waals surface area contributed by atoms with Crippen LogP contribution in [0.5, 0.6) is 0 Å². The Bertz CT molecular complexity index is 1280. The van der Waals surface area contributed by atoms with E-state index in [1.165, 1.54) is 5.69 Å². The lowest BCUT2D eigenvalue weighted by atomic mass is 10.0. The summed E-state index contributed by atoms with van der Waals surface area (Å²) >= 11 is 0. The van der Waals surface area contributed by atoms with Gasteiger partial charge >= 0.3 is 0 Å². The van der Waals surface area contributed by atoms with Crippen LogP contribution in [0.3, 0.4) is 0 Å². The summed E-state index contributed by atoms with van der Waals surface area (Å²) in [5, 5.41) is 7.96. The minimum Gasteiger partial charge on any atom is -0.378 e. The first-order chi connectivity index (χ1) is 15.6. The molecule has 5 rings (SSSR count). The van der Waals surface area contributed by atoms with Crippen LogP contribution in [0.1, 0.15) is 15.9 Å². The van der Waals surface area contributed by atoms with Gasteiger partial charge in [-0.05, 0) is 61.0 Å². The minimum absolute atomic E-state index is 0.428. The van der Waals surface area contributed by atoms with Gasteiger partial charge < -0.3 is 20.7 Å². The van der Waals surface area contributed by atoms with E-state index in [-0.39, 0.29) is 0 Å². The molecule has 0 spiro atoms. The molecule has 0 radical (unpaired) electrons. The molecular weight excluding hydrogens is 404 g/mol. The first-order valence-corrected chi connectivity index (χ1v) is 10.5. The number of carbonyl (C=O) groups excluding carboxylic acids is 1. The van der Waals surface area contributed by atoms with Gasteiger partial charge in [-0.3, -0.25) is 4.79 Å². The van der Waals surface area contributed by atoms with Crippen molar-refractivity contribution >= 4 is 28.7 Å². The number of aryl methyl sites for hydroxylation is 1. The number of morpholine rings is 1. The highest BCUT2D eigenvalue weighted by Crippen LogP contribution is 2.25. The van der Waals surface area contributed by atoms with Crippen molar-refractivity contribution in [2.24, 2.45) is 5.73 Å². The maximum absolute atomic E-state index is 11.5. The van der Waals surface area contributed by atoms with Crippen LogP contribution in [0.25, 0.3) is 16.8 Å². The lowest BCUT2D eigenvalue weighted by Gasteiger charge is -2.28. The molecule has 1 amide bonds. The average Bonchev–Trinajstić information content (AvgIpc) is 3.23. The molecule has 0 unspecified atom stereocenters. The predicted molar refractivity (Wildman–Crippen MR) is 124 cm³/mol. The molecule has 4 aromatic rings. The zero-order valence-electron chi connectivity index (χ0n) is 17.8. The largest absolute Gasteiger partial charge is 0.378 e. The van der Waals surface area contributed by atoms with Crippen molar-refractivity contribution in [3.05, 3.63) is 71.9 Å². The summed E-state index contributed by atoms with van der Waals surface area (Å²) in [6.45, 7) is 5.21. The molecule has 2 aromatic carbocycles. The van der Waals surface area contributed by atoms with Crippen LogP contribution in [-0.2, 0) is 4.74 Å². The number of anilines is 3. The molecule has 32 heavy (non-hydrogen) atoms. The highest BCUT2D eigenvalue weighted by Gasteiger charge is 2.13. The Kier molecular flexibility index (Phi) is 5.20. The first kappa shape index (κ1) is 20.0. The van der Waals surface area contributed by atoms with Gasteiger partial charge in [-0.2, -0.15) is 0 Å². The van der Waals surface area contributed by atoms with E-state index in [1.807, 2.05) is 47.8 Å². The molecule has 1 aliphatic heterocycles. The van der Waals surface area contributed by atoms with Crippen LogP contribution < -0.4 is 16.0 Å². The molecule has 8 nitrogen and oxygen atoms in total. The second-order valence-corrected chi connectivity index (χ2v) is 7.80. The van der Waals surface area contributed by atoms with Crippen molar-refractivity contribution in [3.63, 3.8) is 0 Å². The Hall–Kier alpha value is -3.91. The lowest BCUT2D eigenvalue weighted by molar-refractivity contribution is 0.0999. The Morgan fingerprint density at radius 2 is 1.84 bits per heavy atom. The number of amides is 1. The van der Waals surface area contributed by atoms with Crippen molar-refractivity contribution in [2.45, 2.75) is 6.92 Å². The van der Waals surface area contributed by atoms with Gasteiger partial charge in [0.15, 0.2) is 0 Å². The molecule has 3 heterocycles. The fourth-order valence-corrected chi connectivity index (χ4v) is 3.98. The molecule has 0 aliphatic carbocycles. The first-order valence-electron chi connectivity index (χ1n) is 10.5. The van der Waals surface area contributed by atoms with Gasteiger partial charge in [-0.1, -0.05) is 6.07 Å². The smallest absolute Gasteiger partial charge is 0.248 e. The SMILES string of the molecule is Cc1cc(-c2ccc3cnc(Nc4ccc(N5CCOCC5)cc4)nn23)ccc1C(N)=O. The second-order valence-electron chi connectivity index (χ2n) is 7.80. The van der Waals surface area contributed by atoms with Crippen molar-refractivity contribution in [1.82, 2.24) is 14.6 Å². The summed E-state index contributed by atoms with van der Waals surface area (Å²) in [7, 11) is 0. The maximum Gasteiger partial charge on any atom is 0.248 e. The molecule has 1 aliphatic rings. The molecule has 162 valence electrons. The van der Waals surface area contributed by atoms with Gasteiger partial charge in [0.25, 0.3) is 0 Å². The number of nitrogens with one attached hydrogen (secondary N) is 1. The van der Waals surface area contributed by atoms with E-state index in [2.05, 4.69) is 32.4 Å². The molecular formula is C24H24N6O2. The highest BCUT2D eigenvalue weighted by atomic mass is 16.5. The normalized spacial score (nSPS) is 14.0. The second kappa shape index (κ2) is 8.32. The fourth-order valence-electron chi connectivity index (χ4n) is 3.98. The van der Waals surface area contributed by atoms with Gasteiger partial charge in [0.05, 0.1) is 30.6 Å². The van der Waals surface area contributed by atoms with E-state index in [1.54, 1.807) is 12.3 Å². The average molecular weight is 428 g/mol. The van der Waals surface area contributed by atoms with Gasteiger partial charge in [-0.25, -0.2) is 9.50 Å². The summed E-state index contributed by atoms with van der Waals surface area (Å²) in [4.78, 5) is 18.3. The number of fused-ring (bicyclic) bond motifs is 1. The van der Waals surface area contributed by atoms with Gasteiger partial charge in [0, 0.05) is 35.6 Å². The van der Waals surface area contributed by atoms with E-state index < -0.39 is 5.91 Å². The third-order valence-corrected chi connectivity index (χ3v) is 5.69. The number of nitrogens with two attached hydrogens (primary N) is 1. The standard InChI is InChI=1S/C24H24N6O2/c1-16-14-17(2-8-21(16)23(25)31)22-9-7-20-15-26-24(28-30(20)22)27-18-3-5-19(6-4-18)29-10-12-32-13-11-29/h2-9,14-15H,10-13H2,1H3,(H2,25,31)(H,27,28). The van der Waals surface area contributed by atoms with E-state index >= 15 is 0 Å². The van der Waals surface area contributed by atoms with E-state index in [0.29, 0.717) is 11.5 Å². The quantitative estimate of drug-likeness (QED) is 0.506. The predicted octanol–water partition coefficient (Wildman–Crippen LogP) is 3.38. The molecule has 0 bridgehead atoms. The van der Waals surface area contributed by atoms with Crippen LogP contribution in [0.4, 0.5) is 17.3 Å². The van der Waals surface area contributed by atoms with Crippen LogP contribution in [0.15, 0.2) is 60.8 Å². The molecule has 3 N–H and O–H groups in total. The lowest BCUT2D eigenvalue weighted by Crippen LogP contribution is -2.36. The van der Waals surface area contributed by atoms with Gasteiger partial charge in [0.2, 0.25) is 11.9 Å². The Balaban J connectivity index is 1.40. The topological polar surface area (TPSA) is 97.8 Å². The summed E-state index contributed by atoms with van der Waals surface area (Å²) in [5.74, 6) is 0.0714. The molecule has 2 aromatic heterocycles. The number of carbonyl (C=O) groups is 1. The third-order valence-electron chi connectivity index (χ3n) is 5.69. The zero-order chi connectivity index (χ0) is 22.1. The zero-order valence-corrected chi connectivity index (χ0v) is 17.8. The van der Waals surface area contributed by atoms with Gasteiger partial charge in [0.1, 0.15) is 0 Å². The van der Waals surface area contributed by atoms with E-state index in [0.717, 1.165) is 54.3 Å². The Labute approximate surface area is 185 Å². The number of ether oxygens (including phenoxy) is 1. The summed E-state index contributed by atoms with van der Waals surface area (Å²) in [5.41, 5.74) is 11.6. The van der Waals surface area contributed by atoms with Gasteiger partial charge in [-0.15, -0.1) is 5.10 Å². The van der Waals surface area contributed by atoms with Crippen molar-refractivity contribution in [3.8, 4) is 11.3 Å². The molecule has 0 saturated carbocycles. The molecule has 8 heteroatoms. The fraction of sp³-hybridized carbons (Fsp3) is 0.208. The summed E-state index contributed by atoms with van der Waals surface area (Å²) < 4.78 is 7.27. The molecule has 0 atom stereocenters. The summed E-state index contributed by atoms with van der Waals surface area (Å²) in [6.07, 6.45) is 1.78. The van der Waals surface area contributed by atoms with E-state index in [9.17, 15) is 4.79 Å². The van der Waals surface area contributed by atoms with Crippen LogP contribution in [0, 0.1) is 6.92 Å². The number of hydrogen-bond donors (Lipinski definition) is 2. The van der Waals surface area contributed by atoms with E-state index in [4.69, 9.17) is 10.5 Å². The Morgan fingerprint density at radius 1 is 1.06 bits per heavy atom. The highest BCUT2D eigenvalue weighted by molar-refractivity contribution is 5.94. The Morgan fingerprint density at radius 3 is 2.56 bits per heavy atom. The maximum atomic E-state index is 11.5. The number of benzene rings is 2. The molecule has 1 fully saturated rings. The van der Waals surface area contributed by atoms with Crippen molar-refractivity contribution in [1.29, 1.82) is 0 Å². The number of nitrogens with zero attached hydrogens (tertiary/aromatic N) is 4. The van der Waals surface area contributed by atoms with Crippen molar-refractivity contribution in [2.75, 3.05) is 36.5 Å². The van der Waals surface area contributed by atoms with Crippen LogP contribution in [-0.4, -0.2) is 46.8 Å². The third kappa shape index (κ3) is 3.88. The number of aromatic nitrogens is 3. The number of rotatable bonds is 5. The van der Waals surface area contributed by atoms with Crippen LogP contribution >= 0.6 is 0 Å². The summed E-state index contributed by atoms with van der Waals surface area (Å²) in [6, 6.07) is 17.8. The van der Waals surface area contributed by atoms with Crippen molar-refractivity contribution < 1.29 is 9.53 Å². The number of primary amides is 1. The number of hydrogen-bond acceptors (Lipinski definition) is 6. The monoisotopic (exact) mass is 428 g/mol. The van der Waals surface area contributed by atoms with Crippen LogP contribution in [0.2, 0.25) is 0 Å².